The SMILES string of the molecule is CC(=O)Oc1ccc(C)cc1C=O. The molecule has 0 spiro atoms. The molecule has 13 heavy (non-hydrogen) atoms. The van der Waals surface area contributed by atoms with Gasteiger partial charge in [-0.25, -0.2) is 0 Å². The van der Waals surface area contributed by atoms with Gasteiger partial charge in [-0.3, -0.25) is 9.59 Å². The van der Waals surface area contributed by atoms with Crippen molar-refractivity contribution in [1.29, 1.82) is 0 Å². The first kappa shape index (κ1) is 9.45. The minimum absolute atomic E-state index is 0.313. The van der Waals surface area contributed by atoms with E-state index < -0.39 is 5.97 Å². The van der Waals surface area contributed by atoms with Crippen molar-refractivity contribution in [3.8, 4) is 5.75 Å². The molecule has 68 valence electrons. The van der Waals surface area contributed by atoms with E-state index in [-0.39, 0.29) is 0 Å². The van der Waals surface area contributed by atoms with Crippen molar-refractivity contribution < 1.29 is 14.3 Å². The maximum atomic E-state index is 10.6. The Bertz CT molecular complexity index is 342. The second-order valence-electron chi connectivity index (χ2n) is 2.75. The maximum absolute atomic E-state index is 10.6. The van der Waals surface area contributed by atoms with Gasteiger partial charge in [-0.2, -0.15) is 0 Å². The maximum Gasteiger partial charge on any atom is 0.308 e. The molecule has 3 nitrogen and oxygen atoms in total. The Morgan fingerprint density at radius 2 is 2.15 bits per heavy atom. The molecule has 0 unspecified atom stereocenters. The van der Waals surface area contributed by atoms with Crippen LogP contribution >= 0.6 is 0 Å². The van der Waals surface area contributed by atoms with Crippen LogP contribution in [-0.2, 0) is 4.79 Å². The van der Waals surface area contributed by atoms with Gasteiger partial charge in [0.15, 0.2) is 6.29 Å². The van der Waals surface area contributed by atoms with Gasteiger partial charge in [0.1, 0.15) is 5.75 Å². The minimum Gasteiger partial charge on any atom is -0.426 e. The number of carbonyl (C=O) groups excluding carboxylic acids is 2. The zero-order chi connectivity index (χ0) is 9.84. The molecular weight excluding hydrogens is 168 g/mol. The highest BCUT2D eigenvalue weighted by Crippen LogP contribution is 2.17. The molecule has 1 aromatic rings. The summed E-state index contributed by atoms with van der Waals surface area (Å²) in [4.78, 5) is 21.2. The first-order chi connectivity index (χ1) is 6.13. The molecule has 0 aliphatic carbocycles. The third kappa shape index (κ3) is 2.40. The van der Waals surface area contributed by atoms with E-state index in [2.05, 4.69) is 0 Å². The predicted octanol–water partition coefficient (Wildman–Crippen LogP) is 1.73. The van der Waals surface area contributed by atoms with Crippen LogP contribution in [0, 0.1) is 6.92 Å². The normalized spacial score (nSPS) is 9.38. The van der Waals surface area contributed by atoms with Crippen molar-refractivity contribution >= 4 is 12.3 Å². The summed E-state index contributed by atoms with van der Waals surface area (Å²) in [6.07, 6.45) is 0.672. The fourth-order valence-corrected chi connectivity index (χ4v) is 1.01. The van der Waals surface area contributed by atoms with Crippen LogP contribution in [0.3, 0.4) is 0 Å². The molecule has 3 heteroatoms. The number of hydrogen-bond donors (Lipinski definition) is 0. The summed E-state index contributed by atoms with van der Waals surface area (Å²) >= 11 is 0. The van der Waals surface area contributed by atoms with Crippen molar-refractivity contribution in [3.05, 3.63) is 29.3 Å². The van der Waals surface area contributed by atoms with Crippen molar-refractivity contribution in [2.24, 2.45) is 0 Å². The number of carbonyl (C=O) groups is 2. The molecule has 0 aromatic heterocycles. The molecule has 0 N–H and O–H groups in total. The van der Waals surface area contributed by atoms with E-state index in [1.807, 2.05) is 6.92 Å². The molecule has 0 aliphatic rings. The fourth-order valence-electron chi connectivity index (χ4n) is 1.01. The van der Waals surface area contributed by atoms with E-state index in [0.717, 1.165) is 5.56 Å². The zero-order valence-electron chi connectivity index (χ0n) is 7.53. The molecule has 1 aromatic carbocycles. The lowest BCUT2D eigenvalue weighted by molar-refractivity contribution is -0.131. The van der Waals surface area contributed by atoms with Crippen molar-refractivity contribution in [2.45, 2.75) is 13.8 Å². The van der Waals surface area contributed by atoms with Crippen LogP contribution in [0.2, 0.25) is 0 Å². The first-order valence-electron chi connectivity index (χ1n) is 3.87. The van der Waals surface area contributed by atoms with Gasteiger partial charge >= 0.3 is 5.97 Å². The first-order valence-corrected chi connectivity index (χ1v) is 3.87. The standard InChI is InChI=1S/C10H10O3/c1-7-3-4-10(13-8(2)12)9(5-7)6-11/h3-6H,1-2H3. The molecule has 0 saturated carbocycles. The molecule has 0 amide bonds. The average molecular weight is 178 g/mol. The Morgan fingerprint density at radius 1 is 1.46 bits per heavy atom. The highest BCUT2D eigenvalue weighted by atomic mass is 16.5. The highest BCUT2D eigenvalue weighted by Gasteiger charge is 2.04. The predicted molar refractivity (Wildman–Crippen MR) is 47.9 cm³/mol. The molecule has 0 aliphatic heterocycles. The number of benzene rings is 1. The number of esters is 1. The molecule has 0 saturated heterocycles. The van der Waals surface area contributed by atoms with Crippen LogP contribution in [0.15, 0.2) is 18.2 Å². The van der Waals surface area contributed by atoms with Crippen LogP contribution < -0.4 is 4.74 Å². The topological polar surface area (TPSA) is 43.4 Å². The van der Waals surface area contributed by atoms with E-state index in [9.17, 15) is 9.59 Å². The van der Waals surface area contributed by atoms with Gasteiger partial charge in [0.2, 0.25) is 0 Å². The van der Waals surface area contributed by atoms with Crippen LogP contribution in [0.4, 0.5) is 0 Å². The minimum atomic E-state index is -0.424. The molecule has 0 atom stereocenters. The highest BCUT2D eigenvalue weighted by molar-refractivity contribution is 5.82. The monoisotopic (exact) mass is 178 g/mol. The number of hydrogen-bond acceptors (Lipinski definition) is 3. The van der Waals surface area contributed by atoms with E-state index in [1.54, 1.807) is 18.2 Å². The van der Waals surface area contributed by atoms with Gasteiger partial charge < -0.3 is 4.74 Å². The largest absolute Gasteiger partial charge is 0.426 e. The summed E-state index contributed by atoms with van der Waals surface area (Å²) in [7, 11) is 0. The summed E-state index contributed by atoms with van der Waals surface area (Å²) < 4.78 is 4.82. The summed E-state index contributed by atoms with van der Waals surface area (Å²) in [5.41, 5.74) is 1.35. The lowest BCUT2D eigenvalue weighted by Gasteiger charge is -2.04. The second-order valence-corrected chi connectivity index (χ2v) is 2.75. The Kier molecular flexibility index (Phi) is 2.80. The molecule has 0 fully saturated rings. The van der Waals surface area contributed by atoms with Crippen molar-refractivity contribution in [1.82, 2.24) is 0 Å². The lowest BCUT2D eigenvalue weighted by Crippen LogP contribution is -2.03. The van der Waals surface area contributed by atoms with E-state index >= 15 is 0 Å². The van der Waals surface area contributed by atoms with Gasteiger partial charge in [-0.1, -0.05) is 11.6 Å². The Balaban J connectivity index is 3.05. The van der Waals surface area contributed by atoms with Crippen LogP contribution in [0.5, 0.6) is 5.75 Å². The fraction of sp³-hybridized carbons (Fsp3) is 0.200. The second kappa shape index (κ2) is 3.85. The van der Waals surface area contributed by atoms with Crippen molar-refractivity contribution in [2.75, 3.05) is 0 Å². The summed E-state index contributed by atoms with van der Waals surface area (Å²) in [6.45, 7) is 3.17. The van der Waals surface area contributed by atoms with Crippen LogP contribution in [0.25, 0.3) is 0 Å². The van der Waals surface area contributed by atoms with Gasteiger partial charge in [0.05, 0.1) is 5.56 Å². The lowest BCUT2D eigenvalue weighted by atomic mass is 10.1. The number of aldehydes is 1. The smallest absolute Gasteiger partial charge is 0.308 e. The van der Waals surface area contributed by atoms with Crippen molar-refractivity contribution in [3.63, 3.8) is 0 Å². The van der Waals surface area contributed by atoms with Crippen LogP contribution in [0.1, 0.15) is 22.8 Å². The Labute approximate surface area is 76.3 Å². The third-order valence-corrected chi connectivity index (χ3v) is 1.55. The quantitative estimate of drug-likeness (QED) is 0.393. The zero-order valence-corrected chi connectivity index (χ0v) is 7.53. The molecule has 0 radical (unpaired) electrons. The molecular formula is C10H10O3. The summed E-state index contributed by atoms with van der Waals surface area (Å²) in [5.74, 6) is -0.111. The van der Waals surface area contributed by atoms with E-state index in [4.69, 9.17) is 4.74 Å². The molecule has 0 heterocycles. The van der Waals surface area contributed by atoms with Gasteiger partial charge in [0, 0.05) is 6.92 Å². The third-order valence-electron chi connectivity index (χ3n) is 1.55. The van der Waals surface area contributed by atoms with Gasteiger partial charge in [0.25, 0.3) is 0 Å². The van der Waals surface area contributed by atoms with E-state index in [0.29, 0.717) is 17.6 Å². The Morgan fingerprint density at radius 3 is 2.69 bits per heavy atom. The van der Waals surface area contributed by atoms with Gasteiger partial charge in [-0.05, 0) is 19.1 Å². The number of rotatable bonds is 2. The van der Waals surface area contributed by atoms with E-state index in [1.165, 1.54) is 6.92 Å². The van der Waals surface area contributed by atoms with Crippen LogP contribution in [-0.4, -0.2) is 12.3 Å². The molecule has 0 bridgehead atoms. The van der Waals surface area contributed by atoms with Gasteiger partial charge in [-0.15, -0.1) is 0 Å². The number of aryl methyl sites for hydroxylation is 1. The number of ether oxygens (including phenoxy) is 1. The Hall–Kier alpha value is -1.64. The summed E-state index contributed by atoms with van der Waals surface area (Å²) in [5, 5.41) is 0. The average Bonchev–Trinajstić information content (AvgIpc) is 2.07. The molecule has 1 rings (SSSR count). The summed E-state index contributed by atoms with van der Waals surface area (Å²) in [6, 6.07) is 5.07.